The Morgan fingerprint density at radius 2 is 2.41 bits per heavy atom. The van der Waals surface area contributed by atoms with E-state index in [1.807, 2.05) is 19.9 Å². The van der Waals surface area contributed by atoms with Gasteiger partial charge in [0.15, 0.2) is 5.82 Å². The minimum atomic E-state index is 0.0384. The molecule has 2 N–H and O–H groups in total. The zero-order valence-electron chi connectivity index (χ0n) is 10.3. The quantitative estimate of drug-likeness (QED) is 0.821. The number of rotatable bonds is 5. The first-order valence-electron chi connectivity index (χ1n) is 6.10. The largest absolute Gasteiger partial charge is 0.378 e. The Labute approximate surface area is 101 Å². The van der Waals surface area contributed by atoms with Gasteiger partial charge in [0.25, 0.3) is 0 Å². The van der Waals surface area contributed by atoms with Crippen LogP contribution in [0.1, 0.15) is 31.9 Å². The first-order valence-corrected chi connectivity index (χ1v) is 6.10. The number of hydrogen-bond acceptors (Lipinski definition) is 3. The van der Waals surface area contributed by atoms with Crippen LogP contribution in [-0.4, -0.2) is 28.8 Å². The van der Waals surface area contributed by atoms with Gasteiger partial charge in [0.05, 0.1) is 6.10 Å². The van der Waals surface area contributed by atoms with E-state index in [-0.39, 0.29) is 5.91 Å². The molecule has 1 heterocycles. The summed E-state index contributed by atoms with van der Waals surface area (Å²) >= 11 is 0. The second kappa shape index (κ2) is 5.31. The molecule has 0 aromatic carbocycles. The molecule has 1 amide bonds. The lowest BCUT2D eigenvalue weighted by Crippen LogP contribution is -2.33. The number of aryl methyl sites for hydroxylation is 1. The van der Waals surface area contributed by atoms with Gasteiger partial charge in [-0.25, -0.2) is 0 Å². The van der Waals surface area contributed by atoms with Crippen LogP contribution >= 0.6 is 0 Å². The van der Waals surface area contributed by atoms with Crippen molar-refractivity contribution in [1.82, 2.24) is 10.2 Å². The van der Waals surface area contributed by atoms with Crippen LogP contribution in [0.15, 0.2) is 6.07 Å². The van der Waals surface area contributed by atoms with Crippen LogP contribution in [0.3, 0.4) is 0 Å². The molecule has 0 aliphatic heterocycles. The van der Waals surface area contributed by atoms with Gasteiger partial charge in [0, 0.05) is 24.8 Å². The summed E-state index contributed by atoms with van der Waals surface area (Å²) in [6.45, 7) is 4.66. The van der Waals surface area contributed by atoms with Crippen molar-refractivity contribution >= 4 is 11.7 Å². The molecule has 1 saturated carbocycles. The summed E-state index contributed by atoms with van der Waals surface area (Å²) in [5, 5.41) is 9.55. The minimum absolute atomic E-state index is 0.0384. The topological polar surface area (TPSA) is 67.0 Å². The van der Waals surface area contributed by atoms with E-state index in [9.17, 15) is 4.79 Å². The summed E-state index contributed by atoms with van der Waals surface area (Å²) in [5.74, 6) is 1.11. The van der Waals surface area contributed by atoms with Crippen molar-refractivity contribution in [3.63, 3.8) is 0 Å². The summed E-state index contributed by atoms with van der Waals surface area (Å²) in [6, 6.07) is 1.82. The van der Waals surface area contributed by atoms with Crippen molar-refractivity contribution < 1.29 is 9.53 Å². The number of hydrogen-bond donors (Lipinski definition) is 2. The number of anilines is 1. The molecular formula is C12H19N3O2. The van der Waals surface area contributed by atoms with Crippen LogP contribution in [0.25, 0.3) is 0 Å². The third-order valence-electron chi connectivity index (χ3n) is 3.04. The van der Waals surface area contributed by atoms with E-state index in [1.54, 1.807) is 0 Å². The lowest BCUT2D eigenvalue weighted by atomic mass is 9.80. The average molecular weight is 237 g/mol. The predicted octanol–water partition coefficient (Wildman–Crippen LogP) is 1.86. The Hall–Kier alpha value is -1.36. The summed E-state index contributed by atoms with van der Waals surface area (Å²) in [7, 11) is 0. The third-order valence-corrected chi connectivity index (χ3v) is 3.04. The summed E-state index contributed by atoms with van der Waals surface area (Å²) in [4.78, 5) is 11.7. The highest BCUT2D eigenvalue weighted by molar-refractivity contribution is 5.89. The number of aromatic nitrogens is 2. The highest BCUT2D eigenvalue weighted by Gasteiger charge is 2.31. The Kier molecular flexibility index (Phi) is 3.78. The van der Waals surface area contributed by atoms with Crippen molar-refractivity contribution in [1.29, 1.82) is 0 Å². The highest BCUT2D eigenvalue weighted by Crippen LogP contribution is 2.32. The molecule has 1 aromatic rings. The first kappa shape index (κ1) is 12.1. The lowest BCUT2D eigenvalue weighted by molar-refractivity contribution is -0.119. The van der Waals surface area contributed by atoms with Crippen LogP contribution in [0.2, 0.25) is 0 Å². The fraction of sp³-hybridized carbons (Fsp3) is 0.667. The second-order valence-corrected chi connectivity index (χ2v) is 4.60. The van der Waals surface area contributed by atoms with E-state index in [4.69, 9.17) is 4.74 Å². The van der Waals surface area contributed by atoms with Gasteiger partial charge in [-0.15, -0.1) is 0 Å². The van der Waals surface area contributed by atoms with Gasteiger partial charge >= 0.3 is 0 Å². The number of aromatic amines is 1. The van der Waals surface area contributed by atoms with Gasteiger partial charge in [0.2, 0.25) is 5.91 Å². The van der Waals surface area contributed by atoms with Crippen molar-refractivity contribution in [2.45, 2.75) is 39.2 Å². The van der Waals surface area contributed by atoms with Gasteiger partial charge in [0.1, 0.15) is 0 Å². The zero-order valence-corrected chi connectivity index (χ0v) is 10.3. The summed E-state index contributed by atoms with van der Waals surface area (Å²) < 4.78 is 5.46. The maximum absolute atomic E-state index is 11.7. The first-order chi connectivity index (χ1) is 8.17. The van der Waals surface area contributed by atoms with Gasteiger partial charge < -0.3 is 10.1 Å². The maximum atomic E-state index is 11.7. The molecule has 5 nitrogen and oxygen atoms in total. The van der Waals surface area contributed by atoms with Crippen LogP contribution in [0.5, 0.6) is 0 Å². The number of ether oxygens (including phenoxy) is 1. The molecule has 1 aromatic heterocycles. The van der Waals surface area contributed by atoms with Crippen molar-refractivity contribution in [2.75, 3.05) is 11.9 Å². The van der Waals surface area contributed by atoms with E-state index in [2.05, 4.69) is 15.5 Å². The van der Waals surface area contributed by atoms with Crippen LogP contribution < -0.4 is 5.32 Å². The minimum Gasteiger partial charge on any atom is -0.378 e. The standard InChI is InChI=1S/C12H19N3O2/c1-3-17-10-5-9(6-10)7-12(16)13-11-4-8(2)14-15-11/h4,9-10H,3,5-7H2,1-2H3,(H2,13,14,15,16). The van der Waals surface area contributed by atoms with Gasteiger partial charge in [-0.1, -0.05) is 0 Å². The van der Waals surface area contributed by atoms with E-state index in [1.165, 1.54) is 0 Å². The van der Waals surface area contributed by atoms with Crippen LogP contribution in [-0.2, 0) is 9.53 Å². The molecule has 1 aliphatic carbocycles. The zero-order chi connectivity index (χ0) is 12.3. The Morgan fingerprint density at radius 1 is 1.65 bits per heavy atom. The molecule has 0 radical (unpaired) electrons. The average Bonchev–Trinajstić information content (AvgIpc) is 2.61. The monoisotopic (exact) mass is 237 g/mol. The molecule has 0 bridgehead atoms. The molecule has 0 atom stereocenters. The Bertz CT molecular complexity index is 383. The fourth-order valence-corrected chi connectivity index (χ4v) is 2.15. The second-order valence-electron chi connectivity index (χ2n) is 4.60. The number of H-pyrrole nitrogens is 1. The molecule has 5 heteroatoms. The summed E-state index contributed by atoms with van der Waals surface area (Å²) in [6.07, 6.45) is 2.93. The van der Waals surface area contributed by atoms with Gasteiger partial charge in [-0.3, -0.25) is 9.89 Å². The fourth-order valence-electron chi connectivity index (χ4n) is 2.15. The molecule has 1 fully saturated rings. The molecule has 0 saturated heterocycles. The molecule has 0 spiro atoms. The van der Waals surface area contributed by atoms with Crippen molar-refractivity contribution in [3.05, 3.63) is 11.8 Å². The Morgan fingerprint density at radius 3 is 3.00 bits per heavy atom. The molecular weight excluding hydrogens is 218 g/mol. The number of carbonyl (C=O) groups excluding carboxylic acids is 1. The summed E-state index contributed by atoms with van der Waals surface area (Å²) in [5.41, 5.74) is 0.945. The number of nitrogens with one attached hydrogen (secondary N) is 2. The van der Waals surface area contributed by atoms with Gasteiger partial charge in [-0.2, -0.15) is 5.10 Å². The van der Waals surface area contributed by atoms with E-state index < -0.39 is 0 Å². The SMILES string of the molecule is CCOC1CC(CC(=O)Nc2cc(C)[nH]n2)C1. The van der Waals surface area contributed by atoms with Crippen LogP contribution in [0, 0.1) is 12.8 Å². The van der Waals surface area contributed by atoms with Crippen LogP contribution in [0.4, 0.5) is 5.82 Å². The molecule has 94 valence electrons. The smallest absolute Gasteiger partial charge is 0.225 e. The van der Waals surface area contributed by atoms with E-state index in [0.717, 1.165) is 25.1 Å². The Balaban J connectivity index is 1.69. The number of amides is 1. The predicted molar refractivity (Wildman–Crippen MR) is 64.7 cm³/mol. The van der Waals surface area contributed by atoms with Gasteiger partial charge in [-0.05, 0) is 32.6 Å². The normalized spacial score (nSPS) is 23.2. The molecule has 2 rings (SSSR count). The molecule has 1 aliphatic rings. The number of carbonyl (C=O) groups is 1. The molecule has 17 heavy (non-hydrogen) atoms. The van der Waals surface area contributed by atoms with E-state index >= 15 is 0 Å². The highest BCUT2D eigenvalue weighted by atomic mass is 16.5. The maximum Gasteiger partial charge on any atom is 0.225 e. The number of nitrogens with zero attached hydrogens (tertiary/aromatic N) is 1. The van der Waals surface area contributed by atoms with Crippen molar-refractivity contribution in [2.24, 2.45) is 5.92 Å². The van der Waals surface area contributed by atoms with Crippen molar-refractivity contribution in [3.8, 4) is 0 Å². The lowest BCUT2D eigenvalue weighted by Gasteiger charge is -2.34. The third kappa shape index (κ3) is 3.30. The molecule has 0 unspecified atom stereocenters. The van der Waals surface area contributed by atoms with E-state index in [0.29, 0.717) is 24.3 Å².